The molecule has 0 unspecified atom stereocenters. The molecule has 0 spiro atoms. The number of hydrogen-bond acceptors (Lipinski definition) is 4. The summed E-state index contributed by atoms with van der Waals surface area (Å²) < 4.78 is 6.19. The maximum atomic E-state index is 6.19. The lowest BCUT2D eigenvalue weighted by molar-refractivity contribution is 0.580. The SMILES string of the molecule is CC(C)(C)c1ccc(-c2nc3cccc(N4CCNCC4)c3o2)cc1. The van der Waals surface area contributed by atoms with E-state index in [1.54, 1.807) is 0 Å². The van der Waals surface area contributed by atoms with Gasteiger partial charge in [0, 0.05) is 31.7 Å². The Morgan fingerprint density at radius 1 is 1.00 bits per heavy atom. The van der Waals surface area contributed by atoms with Crippen molar-refractivity contribution in [2.75, 3.05) is 31.1 Å². The Morgan fingerprint density at radius 2 is 1.72 bits per heavy atom. The van der Waals surface area contributed by atoms with E-state index >= 15 is 0 Å². The van der Waals surface area contributed by atoms with E-state index in [0.29, 0.717) is 5.89 Å². The molecule has 1 aliphatic heterocycles. The maximum absolute atomic E-state index is 6.19. The highest BCUT2D eigenvalue weighted by Crippen LogP contribution is 2.32. The average Bonchev–Trinajstić information content (AvgIpc) is 3.06. The van der Waals surface area contributed by atoms with Gasteiger partial charge in [-0.1, -0.05) is 39.0 Å². The number of aromatic nitrogens is 1. The number of nitrogens with zero attached hydrogens (tertiary/aromatic N) is 2. The lowest BCUT2D eigenvalue weighted by Gasteiger charge is -2.29. The minimum absolute atomic E-state index is 0.148. The highest BCUT2D eigenvalue weighted by molar-refractivity contribution is 5.88. The second-order valence-electron chi connectivity index (χ2n) is 7.71. The number of nitrogens with one attached hydrogen (secondary N) is 1. The highest BCUT2D eigenvalue weighted by Gasteiger charge is 2.18. The summed E-state index contributed by atoms with van der Waals surface area (Å²) >= 11 is 0. The van der Waals surface area contributed by atoms with Crippen molar-refractivity contribution in [3.63, 3.8) is 0 Å². The zero-order valence-corrected chi connectivity index (χ0v) is 15.2. The number of rotatable bonds is 2. The van der Waals surface area contributed by atoms with Crippen LogP contribution >= 0.6 is 0 Å². The first-order valence-corrected chi connectivity index (χ1v) is 8.98. The summed E-state index contributed by atoms with van der Waals surface area (Å²) in [5.74, 6) is 0.693. The summed E-state index contributed by atoms with van der Waals surface area (Å²) in [6.07, 6.45) is 0. The summed E-state index contributed by atoms with van der Waals surface area (Å²) in [5.41, 5.74) is 5.44. The molecule has 0 bridgehead atoms. The minimum atomic E-state index is 0.148. The highest BCUT2D eigenvalue weighted by atomic mass is 16.3. The van der Waals surface area contributed by atoms with Gasteiger partial charge in [-0.2, -0.15) is 0 Å². The molecule has 1 fully saturated rings. The number of piperazine rings is 1. The van der Waals surface area contributed by atoms with E-state index in [1.807, 2.05) is 6.07 Å². The molecule has 4 nitrogen and oxygen atoms in total. The predicted molar refractivity (Wildman–Crippen MR) is 103 cm³/mol. The predicted octanol–water partition coefficient (Wildman–Crippen LogP) is 4.20. The summed E-state index contributed by atoms with van der Waals surface area (Å²) in [6, 6.07) is 14.8. The van der Waals surface area contributed by atoms with Crippen LogP contribution in [0.15, 0.2) is 46.9 Å². The molecular weight excluding hydrogens is 310 g/mol. The quantitative estimate of drug-likeness (QED) is 0.762. The van der Waals surface area contributed by atoms with Gasteiger partial charge in [-0.3, -0.25) is 0 Å². The van der Waals surface area contributed by atoms with Crippen molar-refractivity contribution < 1.29 is 4.42 Å². The molecule has 1 saturated heterocycles. The Balaban J connectivity index is 1.71. The molecule has 3 aromatic rings. The van der Waals surface area contributed by atoms with Gasteiger partial charge < -0.3 is 14.6 Å². The van der Waals surface area contributed by atoms with Crippen molar-refractivity contribution >= 4 is 16.8 Å². The van der Waals surface area contributed by atoms with Gasteiger partial charge in [0.25, 0.3) is 0 Å². The van der Waals surface area contributed by atoms with Crippen molar-refractivity contribution in [2.45, 2.75) is 26.2 Å². The number of oxazole rings is 1. The molecular formula is C21H25N3O. The fourth-order valence-electron chi connectivity index (χ4n) is 3.33. The fraction of sp³-hybridized carbons (Fsp3) is 0.381. The van der Waals surface area contributed by atoms with Gasteiger partial charge in [0.05, 0.1) is 5.69 Å². The van der Waals surface area contributed by atoms with Crippen molar-refractivity contribution in [1.29, 1.82) is 0 Å². The lowest BCUT2D eigenvalue weighted by Crippen LogP contribution is -2.43. The lowest BCUT2D eigenvalue weighted by atomic mass is 9.87. The molecule has 1 aromatic heterocycles. The molecule has 0 amide bonds. The summed E-state index contributed by atoms with van der Waals surface area (Å²) in [5, 5.41) is 3.39. The third-order valence-corrected chi connectivity index (χ3v) is 4.85. The van der Waals surface area contributed by atoms with E-state index in [-0.39, 0.29) is 5.41 Å². The van der Waals surface area contributed by atoms with Crippen LogP contribution in [-0.4, -0.2) is 31.2 Å². The van der Waals surface area contributed by atoms with Gasteiger partial charge in [0.2, 0.25) is 5.89 Å². The first-order chi connectivity index (χ1) is 12.0. The van der Waals surface area contributed by atoms with Gasteiger partial charge in [-0.05, 0) is 35.2 Å². The van der Waals surface area contributed by atoms with E-state index < -0.39 is 0 Å². The first kappa shape index (κ1) is 16.2. The van der Waals surface area contributed by atoms with E-state index in [0.717, 1.165) is 48.5 Å². The monoisotopic (exact) mass is 335 g/mol. The molecule has 4 heteroatoms. The Labute approximate surface area is 148 Å². The van der Waals surface area contributed by atoms with Gasteiger partial charge in [-0.25, -0.2) is 4.98 Å². The van der Waals surface area contributed by atoms with Gasteiger partial charge in [0.1, 0.15) is 5.52 Å². The van der Waals surface area contributed by atoms with Crippen LogP contribution in [0.1, 0.15) is 26.3 Å². The van der Waals surface area contributed by atoms with Crippen LogP contribution in [0.25, 0.3) is 22.6 Å². The minimum Gasteiger partial charge on any atom is -0.434 e. The number of fused-ring (bicyclic) bond motifs is 1. The van der Waals surface area contributed by atoms with Gasteiger partial charge >= 0.3 is 0 Å². The third kappa shape index (κ3) is 3.14. The van der Waals surface area contributed by atoms with E-state index in [1.165, 1.54) is 5.56 Å². The van der Waals surface area contributed by atoms with Crippen LogP contribution in [0.2, 0.25) is 0 Å². The first-order valence-electron chi connectivity index (χ1n) is 8.98. The molecule has 0 radical (unpaired) electrons. The Bertz CT molecular complexity index is 868. The molecule has 1 N–H and O–H groups in total. The van der Waals surface area contributed by atoms with E-state index in [2.05, 4.69) is 67.4 Å². The smallest absolute Gasteiger partial charge is 0.227 e. The number of para-hydroxylation sites is 1. The Hall–Kier alpha value is -2.33. The molecule has 0 atom stereocenters. The van der Waals surface area contributed by atoms with Gasteiger partial charge in [0.15, 0.2) is 5.58 Å². The zero-order valence-electron chi connectivity index (χ0n) is 15.2. The fourth-order valence-corrected chi connectivity index (χ4v) is 3.33. The van der Waals surface area contributed by atoms with Gasteiger partial charge in [-0.15, -0.1) is 0 Å². The largest absolute Gasteiger partial charge is 0.434 e. The van der Waals surface area contributed by atoms with Crippen LogP contribution in [0.4, 0.5) is 5.69 Å². The Morgan fingerprint density at radius 3 is 2.40 bits per heavy atom. The summed E-state index contributed by atoms with van der Waals surface area (Å²) in [4.78, 5) is 7.09. The maximum Gasteiger partial charge on any atom is 0.227 e. The summed E-state index contributed by atoms with van der Waals surface area (Å²) in [6.45, 7) is 10.7. The molecule has 0 aliphatic carbocycles. The number of anilines is 1. The van der Waals surface area contributed by atoms with Crippen LogP contribution in [0.5, 0.6) is 0 Å². The van der Waals surface area contributed by atoms with Crippen LogP contribution < -0.4 is 10.2 Å². The van der Waals surface area contributed by atoms with Crippen molar-refractivity contribution in [1.82, 2.24) is 10.3 Å². The normalized spacial score (nSPS) is 15.7. The van der Waals surface area contributed by atoms with Crippen LogP contribution in [0, 0.1) is 0 Å². The molecule has 1 aliphatic rings. The molecule has 4 rings (SSSR count). The molecule has 25 heavy (non-hydrogen) atoms. The summed E-state index contributed by atoms with van der Waals surface area (Å²) in [7, 11) is 0. The third-order valence-electron chi connectivity index (χ3n) is 4.85. The molecule has 2 heterocycles. The topological polar surface area (TPSA) is 41.3 Å². The van der Waals surface area contributed by atoms with Crippen LogP contribution in [0.3, 0.4) is 0 Å². The second kappa shape index (κ2) is 6.19. The average molecular weight is 335 g/mol. The Kier molecular flexibility index (Phi) is 4.00. The molecule has 0 saturated carbocycles. The molecule has 130 valence electrons. The van der Waals surface area contributed by atoms with Crippen molar-refractivity contribution in [3.05, 3.63) is 48.0 Å². The van der Waals surface area contributed by atoms with E-state index in [9.17, 15) is 0 Å². The van der Waals surface area contributed by atoms with Crippen molar-refractivity contribution in [2.24, 2.45) is 0 Å². The number of hydrogen-bond donors (Lipinski definition) is 1. The zero-order chi connectivity index (χ0) is 17.4. The van der Waals surface area contributed by atoms with Crippen molar-refractivity contribution in [3.8, 4) is 11.5 Å². The second-order valence-corrected chi connectivity index (χ2v) is 7.71. The standard InChI is InChI=1S/C21H25N3O/c1-21(2,3)16-9-7-15(8-10-16)20-23-17-5-4-6-18(19(17)25-20)24-13-11-22-12-14-24/h4-10,22H,11-14H2,1-3H3. The van der Waals surface area contributed by atoms with E-state index in [4.69, 9.17) is 9.40 Å². The number of benzene rings is 2. The molecule has 2 aromatic carbocycles. The van der Waals surface area contributed by atoms with Crippen LogP contribution in [-0.2, 0) is 5.41 Å².